The molecular formula is C12H24N2O. The smallest absolute Gasteiger partial charge is 0.233 e. The summed E-state index contributed by atoms with van der Waals surface area (Å²) in [5.74, 6) is 1.58. The molecule has 88 valence electrons. The second-order valence-electron chi connectivity index (χ2n) is 5.16. The van der Waals surface area contributed by atoms with Gasteiger partial charge in [0.05, 0.1) is 6.54 Å². The van der Waals surface area contributed by atoms with Crippen LogP contribution in [0.2, 0.25) is 0 Å². The van der Waals surface area contributed by atoms with E-state index in [2.05, 4.69) is 31.4 Å². The van der Waals surface area contributed by atoms with E-state index in [1.807, 2.05) is 0 Å². The molecule has 15 heavy (non-hydrogen) atoms. The topological polar surface area (TPSA) is 41.1 Å². The molecule has 1 amide bonds. The first-order valence-electron chi connectivity index (χ1n) is 6.08. The molecule has 1 rings (SSSR count). The molecule has 1 unspecified atom stereocenters. The van der Waals surface area contributed by atoms with E-state index in [1.54, 1.807) is 0 Å². The fourth-order valence-electron chi connectivity index (χ4n) is 1.70. The maximum Gasteiger partial charge on any atom is 0.233 e. The van der Waals surface area contributed by atoms with Crippen molar-refractivity contribution in [1.29, 1.82) is 0 Å². The summed E-state index contributed by atoms with van der Waals surface area (Å²) in [7, 11) is 0. The largest absolute Gasteiger partial charge is 0.355 e. The molecule has 0 radical (unpaired) electrons. The van der Waals surface area contributed by atoms with Crippen LogP contribution in [0.1, 0.15) is 40.0 Å². The Kier molecular flexibility index (Phi) is 5.09. The molecule has 0 aromatic heterocycles. The lowest BCUT2D eigenvalue weighted by Crippen LogP contribution is -2.39. The predicted octanol–water partition coefficient (Wildman–Crippen LogP) is 1.54. The van der Waals surface area contributed by atoms with Crippen LogP contribution in [-0.2, 0) is 4.79 Å². The third-order valence-electron chi connectivity index (χ3n) is 2.72. The van der Waals surface area contributed by atoms with Crippen LogP contribution < -0.4 is 10.6 Å². The zero-order valence-corrected chi connectivity index (χ0v) is 10.2. The van der Waals surface area contributed by atoms with Crippen molar-refractivity contribution in [3.05, 3.63) is 0 Å². The van der Waals surface area contributed by atoms with Crippen molar-refractivity contribution < 1.29 is 4.79 Å². The molecule has 0 heterocycles. The summed E-state index contributed by atoms with van der Waals surface area (Å²) in [6, 6.07) is 0.427. The van der Waals surface area contributed by atoms with Gasteiger partial charge in [0.15, 0.2) is 0 Å². The first kappa shape index (κ1) is 12.5. The summed E-state index contributed by atoms with van der Waals surface area (Å²) < 4.78 is 0. The number of hydrogen-bond donors (Lipinski definition) is 2. The Bertz CT molecular complexity index is 200. The summed E-state index contributed by atoms with van der Waals surface area (Å²) >= 11 is 0. The third kappa shape index (κ3) is 6.50. The molecule has 0 aliphatic heterocycles. The number of carbonyl (C=O) groups is 1. The summed E-state index contributed by atoms with van der Waals surface area (Å²) in [4.78, 5) is 11.4. The molecule has 0 spiro atoms. The zero-order valence-electron chi connectivity index (χ0n) is 10.2. The van der Waals surface area contributed by atoms with Crippen LogP contribution in [0.3, 0.4) is 0 Å². The van der Waals surface area contributed by atoms with Crippen LogP contribution in [0.4, 0.5) is 0 Å². The molecule has 0 aromatic carbocycles. The highest BCUT2D eigenvalue weighted by atomic mass is 16.1. The van der Waals surface area contributed by atoms with E-state index < -0.39 is 0 Å². The van der Waals surface area contributed by atoms with Gasteiger partial charge in [-0.05, 0) is 38.0 Å². The first-order chi connectivity index (χ1) is 7.08. The van der Waals surface area contributed by atoms with Crippen LogP contribution >= 0.6 is 0 Å². The standard InChI is InChI=1S/C12H24N2O/c1-9(2)6-10(3)13-8-12(15)14-7-11-4-5-11/h9-11,13H,4-8H2,1-3H3,(H,14,15). The van der Waals surface area contributed by atoms with Crippen molar-refractivity contribution in [3.8, 4) is 0 Å². The number of hydrogen-bond acceptors (Lipinski definition) is 2. The summed E-state index contributed by atoms with van der Waals surface area (Å²) in [5, 5.41) is 6.20. The molecular weight excluding hydrogens is 188 g/mol. The number of carbonyl (C=O) groups excluding carboxylic acids is 1. The Hall–Kier alpha value is -0.570. The van der Waals surface area contributed by atoms with Crippen molar-refractivity contribution >= 4 is 5.91 Å². The van der Waals surface area contributed by atoms with Gasteiger partial charge in [-0.1, -0.05) is 13.8 Å². The number of rotatable bonds is 7. The molecule has 0 bridgehead atoms. The van der Waals surface area contributed by atoms with Gasteiger partial charge < -0.3 is 10.6 Å². The molecule has 2 N–H and O–H groups in total. The number of nitrogens with one attached hydrogen (secondary N) is 2. The summed E-state index contributed by atoms with van der Waals surface area (Å²) in [5.41, 5.74) is 0. The fraction of sp³-hybridized carbons (Fsp3) is 0.917. The van der Waals surface area contributed by atoms with Crippen molar-refractivity contribution in [3.63, 3.8) is 0 Å². The van der Waals surface area contributed by atoms with E-state index in [9.17, 15) is 4.79 Å². The second kappa shape index (κ2) is 6.11. The van der Waals surface area contributed by atoms with E-state index in [0.29, 0.717) is 18.5 Å². The molecule has 1 fully saturated rings. The Morgan fingerprint density at radius 3 is 2.53 bits per heavy atom. The lowest BCUT2D eigenvalue weighted by atomic mass is 10.1. The molecule has 3 heteroatoms. The van der Waals surface area contributed by atoms with Crippen molar-refractivity contribution in [2.24, 2.45) is 11.8 Å². The molecule has 0 aromatic rings. The van der Waals surface area contributed by atoms with Crippen molar-refractivity contribution in [1.82, 2.24) is 10.6 Å². The van der Waals surface area contributed by atoms with Crippen LogP contribution in [-0.4, -0.2) is 25.0 Å². The monoisotopic (exact) mass is 212 g/mol. The molecule has 1 aliphatic rings. The van der Waals surface area contributed by atoms with Crippen LogP contribution in [0.15, 0.2) is 0 Å². The SMILES string of the molecule is CC(C)CC(C)NCC(=O)NCC1CC1. The second-order valence-corrected chi connectivity index (χ2v) is 5.16. The van der Waals surface area contributed by atoms with Gasteiger partial charge in [-0.2, -0.15) is 0 Å². The van der Waals surface area contributed by atoms with Gasteiger partial charge in [0.2, 0.25) is 5.91 Å². The Morgan fingerprint density at radius 1 is 1.33 bits per heavy atom. The highest BCUT2D eigenvalue weighted by molar-refractivity contribution is 5.78. The molecule has 1 aliphatic carbocycles. The van der Waals surface area contributed by atoms with Gasteiger partial charge in [-0.3, -0.25) is 4.79 Å². The van der Waals surface area contributed by atoms with Crippen molar-refractivity contribution in [2.45, 2.75) is 46.1 Å². The van der Waals surface area contributed by atoms with Crippen LogP contribution in [0.25, 0.3) is 0 Å². The Labute approximate surface area is 93.0 Å². The Balaban J connectivity index is 1.99. The fourth-order valence-corrected chi connectivity index (χ4v) is 1.70. The van der Waals surface area contributed by atoms with Crippen molar-refractivity contribution in [2.75, 3.05) is 13.1 Å². The minimum Gasteiger partial charge on any atom is -0.355 e. The van der Waals surface area contributed by atoms with Gasteiger partial charge in [-0.15, -0.1) is 0 Å². The van der Waals surface area contributed by atoms with E-state index in [4.69, 9.17) is 0 Å². The van der Waals surface area contributed by atoms with Gasteiger partial charge in [0.1, 0.15) is 0 Å². The van der Waals surface area contributed by atoms with E-state index in [1.165, 1.54) is 12.8 Å². The number of amides is 1. The predicted molar refractivity (Wildman–Crippen MR) is 62.7 cm³/mol. The van der Waals surface area contributed by atoms with E-state index in [0.717, 1.165) is 18.9 Å². The highest BCUT2D eigenvalue weighted by Gasteiger charge is 2.21. The maximum absolute atomic E-state index is 11.4. The van der Waals surface area contributed by atoms with Crippen LogP contribution in [0.5, 0.6) is 0 Å². The normalized spacial score (nSPS) is 17.9. The average molecular weight is 212 g/mol. The maximum atomic E-state index is 11.4. The van der Waals surface area contributed by atoms with E-state index >= 15 is 0 Å². The van der Waals surface area contributed by atoms with E-state index in [-0.39, 0.29) is 5.91 Å². The highest BCUT2D eigenvalue weighted by Crippen LogP contribution is 2.27. The zero-order chi connectivity index (χ0) is 11.3. The minimum absolute atomic E-state index is 0.137. The average Bonchev–Trinajstić information content (AvgIpc) is 2.93. The lowest BCUT2D eigenvalue weighted by Gasteiger charge is -2.15. The Morgan fingerprint density at radius 2 is 2.00 bits per heavy atom. The quantitative estimate of drug-likeness (QED) is 0.672. The molecule has 1 saturated carbocycles. The molecule has 1 atom stereocenters. The summed E-state index contributed by atoms with van der Waals surface area (Å²) in [6.07, 6.45) is 3.70. The third-order valence-corrected chi connectivity index (χ3v) is 2.72. The molecule has 3 nitrogen and oxygen atoms in total. The minimum atomic E-state index is 0.137. The van der Waals surface area contributed by atoms with Gasteiger partial charge in [-0.25, -0.2) is 0 Å². The van der Waals surface area contributed by atoms with Gasteiger partial charge in [0, 0.05) is 12.6 Å². The van der Waals surface area contributed by atoms with Gasteiger partial charge in [0.25, 0.3) is 0 Å². The lowest BCUT2D eigenvalue weighted by molar-refractivity contribution is -0.120. The van der Waals surface area contributed by atoms with Crippen LogP contribution in [0, 0.1) is 11.8 Å². The summed E-state index contributed by atoms with van der Waals surface area (Å²) in [6.45, 7) is 7.87. The van der Waals surface area contributed by atoms with Gasteiger partial charge >= 0.3 is 0 Å². The first-order valence-corrected chi connectivity index (χ1v) is 6.08. The molecule has 0 saturated heterocycles.